The maximum absolute atomic E-state index is 13.1. The minimum Gasteiger partial charge on any atom is -0.344 e. The van der Waals surface area contributed by atoms with Crippen LogP contribution in [0, 0.1) is 23.7 Å². The van der Waals surface area contributed by atoms with Crippen LogP contribution in [0.15, 0.2) is 24.3 Å². The molecule has 3 amide bonds. The molecule has 0 saturated heterocycles. The van der Waals surface area contributed by atoms with Crippen LogP contribution in [0.1, 0.15) is 80.2 Å². The summed E-state index contributed by atoms with van der Waals surface area (Å²) in [6.07, 6.45) is 1.94. The molecule has 0 aliphatic rings. The van der Waals surface area contributed by atoms with Crippen molar-refractivity contribution in [1.82, 2.24) is 10.6 Å². The van der Waals surface area contributed by atoms with Gasteiger partial charge in [-0.05, 0) is 43.2 Å². The molecule has 2 atom stereocenters. The number of amides is 3. The number of carbonyl (C=O) groups excluding carboxylic acids is 3. The molecule has 6 heteroatoms. The summed E-state index contributed by atoms with van der Waals surface area (Å²) in [4.78, 5) is 39.0. The zero-order valence-electron chi connectivity index (χ0n) is 21.4. The Labute approximate surface area is 194 Å². The molecule has 0 saturated carbocycles. The number of hydrogen-bond donors (Lipinski definition) is 3. The predicted octanol–water partition coefficient (Wildman–Crippen LogP) is 4.82. The number of carbonyl (C=O) groups is 3. The van der Waals surface area contributed by atoms with E-state index in [1.165, 1.54) is 0 Å². The van der Waals surface area contributed by atoms with E-state index in [9.17, 15) is 14.4 Å². The normalized spacial score (nSPS) is 13.9. The Morgan fingerprint density at radius 2 is 1.47 bits per heavy atom. The summed E-state index contributed by atoms with van der Waals surface area (Å²) in [6, 6.07) is 6.14. The van der Waals surface area contributed by atoms with Crippen LogP contribution in [-0.2, 0) is 14.4 Å². The average Bonchev–Trinajstić information content (AvgIpc) is 2.64. The Morgan fingerprint density at radius 3 is 1.94 bits per heavy atom. The largest absolute Gasteiger partial charge is 0.344 e. The Hall–Kier alpha value is -2.37. The van der Waals surface area contributed by atoms with E-state index in [0.29, 0.717) is 18.5 Å². The van der Waals surface area contributed by atoms with Crippen molar-refractivity contribution in [2.45, 2.75) is 93.7 Å². The molecule has 32 heavy (non-hydrogen) atoms. The van der Waals surface area contributed by atoms with E-state index in [4.69, 9.17) is 0 Å². The molecule has 1 unspecified atom stereocenters. The van der Waals surface area contributed by atoms with E-state index in [1.54, 1.807) is 0 Å². The van der Waals surface area contributed by atoms with Crippen molar-refractivity contribution in [3.63, 3.8) is 0 Å². The van der Waals surface area contributed by atoms with Gasteiger partial charge >= 0.3 is 0 Å². The maximum atomic E-state index is 13.1. The minimum absolute atomic E-state index is 0.0171. The molecule has 1 aromatic carbocycles. The Kier molecular flexibility index (Phi) is 9.93. The zero-order valence-corrected chi connectivity index (χ0v) is 21.4. The molecule has 3 N–H and O–H groups in total. The van der Waals surface area contributed by atoms with Gasteiger partial charge in [0.25, 0.3) is 0 Å². The Balaban J connectivity index is 2.91. The first-order chi connectivity index (χ1) is 14.7. The topological polar surface area (TPSA) is 87.3 Å². The van der Waals surface area contributed by atoms with Crippen molar-refractivity contribution in [3.8, 4) is 0 Å². The highest BCUT2D eigenvalue weighted by Gasteiger charge is 2.36. The van der Waals surface area contributed by atoms with Crippen molar-refractivity contribution in [2.24, 2.45) is 16.7 Å². The summed E-state index contributed by atoms with van der Waals surface area (Å²) in [5, 5.41) is 8.69. The van der Waals surface area contributed by atoms with Gasteiger partial charge in [-0.1, -0.05) is 79.5 Å². The molecule has 0 aliphatic carbocycles. The maximum Gasteiger partial charge on any atom is 0.246 e. The van der Waals surface area contributed by atoms with E-state index >= 15 is 0 Å². The first-order valence-electron chi connectivity index (χ1n) is 11.6. The van der Waals surface area contributed by atoms with E-state index in [-0.39, 0.29) is 29.1 Å². The minimum atomic E-state index is -0.715. The smallest absolute Gasteiger partial charge is 0.246 e. The van der Waals surface area contributed by atoms with E-state index in [1.807, 2.05) is 65.8 Å². The molecule has 0 heterocycles. The predicted molar refractivity (Wildman–Crippen MR) is 131 cm³/mol. The van der Waals surface area contributed by atoms with Gasteiger partial charge in [-0.15, -0.1) is 0 Å². The molecule has 1 aromatic rings. The molecule has 0 aliphatic heterocycles. The molecule has 0 spiro atoms. The number of anilines is 1. The SMILES string of the molecule is CCC[C@H](NC(=O)C(NC(=O)C(C)(C)CC(C)(C)C)C(C)C)C(=O)Nc1ccc(C)cc1. The molecule has 6 nitrogen and oxygen atoms in total. The fourth-order valence-electron chi connectivity index (χ4n) is 3.96. The highest BCUT2D eigenvalue weighted by Crippen LogP contribution is 2.33. The summed E-state index contributed by atoms with van der Waals surface area (Å²) in [5.74, 6) is -0.868. The highest BCUT2D eigenvalue weighted by molar-refractivity contribution is 5.98. The van der Waals surface area contributed by atoms with Crippen LogP contribution in [0.5, 0.6) is 0 Å². The lowest BCUT2D eigenvalue weighted by molar-refractivity contribution is -0.136. The fourth-order valence-corrected chi connectivity index (χ4v) is 3.96. The van der Waals surface area contributed by atoms with Gasteiger partial charge in [0, 0.05) is 11.1 Å². The van der Waals surface area contributed by atoms with Crippen LogP contribution in [0.2, 0.25) is 0 Å². The second-order valence-corrected chi connectivity index (χ2v) is 11.0. The van der Waals surface area contributed by atoms with Crippen LogP contribution < -0.4 is 16.0 Å². The molecular formula is C26H43N3O3. The lowest BCUT2D eigenvalue weighted by atomic mass is 9.75. The third-order valence-electron chi connectivity index (χ3n) is 5.35. The zero-order chi connectivity index (χ0) is 24.7. The van der Waals surface area contributed by atoms with Gasteiger partial charge in [-0.25, -0.2) is 0 Å². The van der Waals surface area contributed by atoms with Gasteiger partial charge in [0.05, 0.1) is 0 Å². The van der Waals surface area contributed by atoms with E-state index in [2.05, 4.69) is 36.7 Å². The molecule has 1 rings (SSSR count). The highest BCUT2D eigenvalue weighted by atomic mass is 16.2. The lowest BCUT2D eigenvalue weighted by Crippen LogP contribution is -2.56. The van der Waals surface area contributed by atoms with E-state index in [0.717, 1.165) is 12.0 Å². The first-order valence-corrected chi connectivity index (χ1v) is 11.6. The van der Waals surface area contributed by atoms with Crippen LogP contribution >= 0.6 is 0 Å². The summed E-state index contributed by atoms with van der Waals surface area (Å²) >= 11 is 0. The quantitative estimate of drug-likeness (QED) is 0.482. The van der Waals surface area contributed by atoms with Gasteiger partial charge in [0.15, 0.2) is 0 Å². The van der Waals surface area contributed by atoms with Crippen LogP contribution in [0.3, 0.4) is 0 Å². The van der Waals surface area contributed by atoms with Crippen LogP contribution in [-0.4, -0.2) is 29.8 Å². The second-order valence-electron chi connectivity index (χ2n) is 11.0. The lowest BCUT2D eigenvalue weighted by Gasteiger charge is -2.33. The molecule has 0 aromatic heterocycles. The second kappa shape index (κ2) is 11.5. The molecule has 0 fully saturated rings. The molecular weight excluding hydrogens is 402 g/mol. The summed E-state index contributed by atoms with van der Waals surface area (Å²) < 4.78 is 0. The molecule has 0 bridgehead atoms. The van der Waals surface area contributed by atoms with Crippen LogP contribution in [0.4, 0.5) is 5.69 Å². The van der Waals surface area contributed by atoms with Gasteiger partial charge in [-0.3, -0.25) is 14.4 Å². The standard InChI is InChI=1S/C26H43N3O3/c1-10-11-20(22(30)27-19-14-12-18(4)13-15-19)28-23(31)21(17(2)3)29-24(32)26(8,9)16-25(5,6)7/h12-15,17,20-21H,10-11,16H2,1-9H3,(H,27,30)(H,28,31)(H,29,32)/t20-,21?/m0/s1. The van der Waals surface area contributed by atoms with Crippen molar-refractivity contribution >= 4 is 23.4 Å². The van der Waals surface area contributed by atoms with Crippen LogP contribution in [0.25, 0.3) is 0 Å². The van der Waals surface area contributed by atoms with Gasteiger partial charge in [-0.2, -0.15) is 0 Å². The number of hydrogen-bond acceptors (Lipinski definition) is 3. The van der Waals surface area contributed by atoms with Crippen molar-refractivity contribution in [1.29, 1.82) is 0 Å². The fraction of sp³-hybridized carbons (Fsp3) is 0.654. The van der Waals surface area contributed by atoms with Gasteiger partial charge < -0.3 is 16.0 Å². The molecule has 0 radical (unpaired) electrons. The third-order valence-corrected chi connectivity index (χ3v) is 5.35. The number of aryl methyl sites for hydroxylation is 1. The number of nitrogens with one attached hydrogen (secondary N) is 3. The van der Waals surface area contributed by atoms with Gasteiger partial charge in [0.1, 0.15) is 12.1 Å². The Bertz CT molecular complexity index is 777. The van der Waals surface area contributed by atoms with Gasteiger partial charge in [0.2, 0.25) is 17.7 Å². The van der Waals surface area contributed by atoms with E-state index < -0.39 is 17.5 Å². The Morgan fingerprint density at radius 1 is 0.906 bits per heavy atom. The summed E-state index contributed by atoms with van der Waals surface area (Å²) in [6.45, 7) is 17.8. The van der Waals surface area contributed by atoms with Crippen molar-refractivity contribution in [2.75, 3.05) is 5.32 Å². The number of benzene rings is 1. The third kappa shape index (κ3) is 9.01. The number of rotatable bonds is 10. The molecule has 180 valence electrons. The summed E-state index contributed by atoms with van der Waals surface area (Å²) in [5.41, 5.74) is 1.16. The average molecular weight is 446 g/mol. The first kappa shape index (κ1) is 27.7. The monoisotopic (exact) mass is 445 g/mol. The summed E-state index contributed by atoms with van der Waals surface area (Å²) in [7, 11) is 0. The van der Waals surface area contributed by atoms with Crippen molar-refractivity contribution < 1.29 is 14.4 Å². The van der Waals surface area contributed by atoms with Crippen molar-refractivity contribution in [3.05, 3.63) is 29.8 Å².